The Kier molecular flexibility index (Phi) is 12.4. The fourth-order valence-corrected chi connectivity index (χ4v) is 6.49. The van der Waals surface area contributed by atoms with E-state index in [1.165, 1.54) is 40.8 Å². The summed E-state index contributed by atoms with van der Waals surface area (Å²) < 4.78 is 53.8. The number of aliphatic hydroxyl groups is 1. The van der Waals surface area contributed by atoms with Gasteiger partial charge in [-0.3, -0.25) is 14.6 Å². The van der Waals surface area contributed by atoms with Gasteiger partial charge in [-0.15, -0.1) is 0 Å². The van der Waals surface area contributed by atoms with Gasteiger partial charge in [-0.25, -0.2) is 12.8 Å². The summed E-state index contributed by atoms with van der Waals surface area (Å²) in [7, 11) is -2.51. The van der Waals surface area contributed by atoms with E-state index in [4.69, 9.17) is 9.47 Å². The summed E-state index contributed by atoms with van der Waals surface area (Å²) in [6.07, 6.45) is 4.31. The summed E-state index contributed by atoms with van der Waals surface area (Å²) in [4.78, 5) is 32.6. The highest BCUT2D eigenvalue weighted by molar-refractivity contribution is 7.89. The first kappa shape index (κ1) is 35.9. The van der Waals surface area contributed by atoms with Crippen molar-refractivity contribution in [2.24, 2.45) is 5.92 Å². The molecule has 2 aromatic carbocycles. The summed E-state index contributed by atoms with van der Waals surface area (Å²) in [6, 6.07) is 12.1. The topological polar surface area (TPSA) is 138 Å². The molecule has 1 aliphatic rings. The SMILES string of the molecule is C[C@@H]1CCCCO[C@@H](CN(C)S(=O)(=O)c2ccc(F)cc2)[C@H](C)CN([C@@H](C)CO)C(=O)c2cc(NC(=O)c3ccncc3)ccc2O1. The standard InChI is InChI=1S/C34H43FN4O7S/c1-23-20-39(24(2)22-40)34(42)30-19-28(37-33(41)26-14-16-36-17-15-26)10-13-31(30)46-25(3)7-5-6-18-45-32(23)21-38(4)47(43,44)29-11-8-27(35)9-12-29/h8-17,19,23-25,32,40H,5-7,18,20-22H2,1-4H3,(H,37,41)/t23-,24+,25-,32+/m1/s1. The van der Waals surface area contributed by atoms with Crippen LogP contribution in [0.25, 0.3) is 0 Å². The van der Waals surface area contributed by atoms with Gasteiger partial charge in [0.2, 0.25) is 10.0 Å². The van der Waals surface area contributed by atoms with Gasteiger partial charge >= 0.3 is 0 Å². The highest BCUT2D eigenvalue weighted by Gasteiger charge is 2.32. The number of likely N-dealkylation sites (N-methyl/N-ethyl adjacent to an activating group) is 1. The van der Waals surface area contributed by atoms with Crippen molar-refractivity contribution in [1.29, 1.82) is 0 Å². The van der Waals surface area contributed by atoms with Crippen molar-refractivity contribution in [1.82, 2.24) is 14.2 Å². The minimum absolute atomic E-state index is 0.0162. The van der Waals surface area contributed by atoms with Crippen molar-refractivity contribution in [3.8, 4) is 5.75 Å². The number of sulfonamides is 1. The predicted molar refractivity (Wildman–Crippen MR) is 175 cm³/mol. The van der Waals surface area contributed by atoms with Crippen LogP contribution in [0.15, 0.2) is 71.9 Å². The quantitative estimate of drug-likeness (QED) is 0.355. The van der Waals surface area contributed by atoms with E-state index in [2.05, 4.69) is 10.3 Å². The number of aliphatic hydroxyl groups excluding tert-OH is 1. The van der Waals surface area contributed by atoms with E-state index >= 15 is 0 Å². The number of carbonyl (C=O) groups excluding carboxylic acids is 2. The summed E-state index contributed by atoms with van der Waals surface area (Å²) in [5.41, 5.74) is 0.996. The predicted octanol–water partition coefficient (Wildman–Crippen LogP) is 4.59. The average Bonchev–Trinajstić information content (AvgIpc) is 3.06. The number of rotatable bonds is 8. The van der Waals surface area contributed by atoms with Crippen LogP contribution in [0.1, 0.15) is 60.7 Å². The van der Waals surface area contributed by atoms with Crippen molar-refractivity contribution < 1.29 is 37.0 Å². The Bertz CT molecular complexity index is 1610. The van der Waals surface area contributed by atoms with E-state index in [0.717, 1.165) is 18.6 Å². The third kappa shape index (κ3) is 9.34. The van der Waals surface area contributed by atoms with Gasteiger partial charge < -0.3 is 24.8 Å². The number of hydrogen-bond acceptors (Lipinski definition) is 8. The molecule has 2 heterocycles. The first-order valence-corrected chi connectivity index (χ1v) is 17.1. The summed E-state index contributed by atoms with van der Waals surface area (Å²) in [5, 5.41) is 13.0. The number of amides is 2. The number of halogens is 1. The Hall–Kier alpha value is -3.91. The Labute approximate surface area is 275 Å². The molecule has 0 unspecified atom stereocenters. The van der Waals surface area contributed by atoms with E-state index in [9.17, 15) is 27.5 Å². The number of hydrogen-bond donors (Lipinski definition) is 2. The van der Waals surface area contributed by atoms with Gasteiger partial charge in [0.1, 0.15) is 11.6 Å². The lowest BCUT2D eigenvalue weighted by molar-refractivity contribution is -0.00834. The molecule has 0 fully saturated rings. The van der Waals surface area contributed by atoms with Crippen molar-refractivity contribution in [3.05, 3.63) is 83.9 Å². The Morgan fingerprint density at radius 1 is 1.13 bits per heavy atom. The number of benzene rings is 2. The third-order valence-electron chi connectivity index (χ3n) is 8.21. The largest absolute Gasteiger partial charge is 0.490 e. The molecule has 13 heteroatoms. The summed E-state index contributed by atoms with van der Waals surface area (Å²) in [6.45, 7) is 5.64. The molecule has 0 aliphatic carbocycles. The fraction of sp³-hybridized carbons (Fsp3) is 0.441. The summed E-state index contributed by atoms with van der Waals surface area (Å²) >= 11 is 0. The molecule has 11 nitrogen and oxygen atoms in total. The molecule has 3 aromatic rings. The molecule has 4 rings (SSSR count). The van der Waals surface area contributed by atoms with Crippen LogP contribution in [0.4, 0.5) is 10.1 Å². The molecule has 0 bridgehead atoms. The number of fused-ring (bicyclic) bond motifs is 1. The highest BCUT2D eigenvalue weighted by Crippen LogP contribution is 2.29. The molecule has 254 valence electrons. The van der Waals surface area contributed by atoms with Crippen LogP contribution in [0.5, 0.6) is 5.75 Å². The minimum Gasteiger partial charge on any atom is -0.490 e. The smallest absolute Gasteiger partial charge is 0.258 e. The maximum Gasteiger partial charge on any atom is 0.258 e. The molecule has 0 saturated heterocycles. The minimum atomic E-state index is -3.96. The Balaban J connectivity index is 1.65. The second-order valence-corrected chi connectivity index (χ2v) is 14.0. The van der Waals surface area contributed by atoms with Crippen molar-refractivity contribution in [3.63, 3.8) is 0 Å². The molecule has 47 heavy (non-hydrogen) atoms. The van der Waals surface area contributed by atoms with Crippen LogP contribution < -0.4 is 10.1 Å². The maximum absolute atomic E-state index is 14.3. The number of ether oxygens (including phenoxy) is 2. The van der Waals surface area contributed by atoms with E-state index in [1.807, 2.05) is 13.8 Å². The molecule has 0 saturated carbocycles. The zero-order chi connectivity index (χ0) is 34.1. The van der Waals surface area contributed by atoms with E-state index in [-0.39, 0.29) is 48.1 Å². The van der Waals surface area contributed by atoms with Gasteiger partial charge in [0.05, 0.1) is 35.3 Å². The first-order valence-electron chi connectivity index (χ1n) is 15.7. The normalized spacial score (nSPS) is 20.5. The van der Waals surface area contributed by atoms with Gasteiger partial charge in [0.25, 0.3) is 11.8 Å². The molecule has 1 aliphatic heterocycles. The lowest BCUT2D eigenvalue weighted by Crippen LogP contribution is -2.48. The van der Waals surface area contributed by atoms with Crippen LogP contribution in [0.2, 0.25) is 0 Å². The van der Waals surface area contributed by atoms with E-state index in [1.54, 1.807) is 37.3 Å². The zero-order valence-corrected chi connectivity index (χ0v) is 28.0. The molecule has 2 amide bonds. The van der Waals surface area contributed by atoms with Crippen molar-refractivity contribution >= 4 is 27.5 Å². The lowest BCUT2D eigenvalue weighted by atomic mass is 10.0. The van der Waals surface area contributed by atoms with Gasteiger partial charge in [-0.2, -0.15) is 4.31 Å². The van der Waals surface area contributed by atoms with Gasteiger partial charge in [0.15, 0.2) is 0 Å². The van der Waals surface area contributed by atoms with E-state index < -0.39 is 33.9 Å². The van der Waals surface area contributed by atoms with Gasteiger partial charge in [-0.05, 0) is 87.7 Å². The van der Waals surface area contributed by atoms with Crippen LogP contribution in [-0.2, 0) is 14.8 Å². The average molecular weight is 671 g/mol. The van der Waals surface area contributed by atoms with Crippen LogP contribution in [0, 0.1) is 11.7 Å². The number of pyridine rings is 1. The molecular formula is C34H43FN4O7S. The molecule has 1 aromatic heterocycles. The highest BCUT2D eigenvalue weighted by atomic mass is 32.2. The molecule has 0 spiro atoms. The van der Waals surface area contributed by atoms with Crippen LogP contribution >= 0.6 is 0 Å². The molecular weight excluding hydrogens is 627 g/mol. The monoisotopic (exact) mass is 670 g/mol. The number of aromatic nitrogens is 1. The molecule has 2 N–H and O–H groups in total. The molecule has 4 atom stereocenters. The first-order chi connectivity index (χ1) is 22.4. The fourth-order valence-electron chi connectivity index (χ4n) is 5.31. The third-order valence-corrected chi connectivity index (χ3v) is 10.0. The van der Waals surface area contributed by atoms with Crippen LogP contribution in [-0.4, -0.2) is 91.1 Å². The number of anilines is 1. The lowest BCUT2D eigenvalue weighted by Gasteiger charge is -2.35. The van der Waals surface area contributed by atoms with Gasteiger partial charge in [-0.1, -0.05) is 6.92 Å². The van der Waals surface area contributed by atoms with Crippen molar-refractivity contribution in [2.45, 2.75) is 63.2 Å². The Morgan fingerprint density at radius 3 is 2.51 bits per heavy atom. The molecule has 0 radical (unpaired) electrons. The second-order valence-electron chi connectivity index (χ2n) is 11.9. The Morgan fingerprint density at radius 2 is 1.83 bits per heavy atom. The van der Waals surface area contributed by atoms with E-state index in [0.29, 0.717) is 36.4 Å². The number of nitrogens with one attached hydrogen (secondary N) is 1. The summed E-state index contributed by atoms with van der Waals surface area (Å²) in [5.74, 6) is -1.36. The van der Waals surface area contributed by atoms with Crippen LogP contribution in [0.3, 0.4) is 0 Å². The number of carbonyl (C=O) groups is 2. The zero-order valence-electron chi connectivity index (χ0n) is 27.1. The second kappa shape index (κ2) is 16.3. The maximum atomic E-state index is 14.3. The van der Waals surface area contributed by atoms with Crippen molar-refractivity contribution in [2.75, 3.05) is 38.7 Å². The van der Waals surface area contributed by atoms with Gasteiger partial charge in [0, 0.05) is 56.3 Å². The number of nitrogens with zero attached hydrogens (tertiary/aromatic N) is 3.